The zero-order chi connectivity index (χ0) is 10.0. The molecule has 1 rings (SSSR count). The fourth-order valence-corrected chi connectivity index (χ4v) is 1.19. The van der Waals surface area contributed by atoms with Crippen molar-refractivity contribution in [3.63, 3.8) is 0 Å². The molecule has 1 aromatic heterocycles. The molecule has 1 aromatic rings. The molecule has 0 aliphatic rings. The van der Waals surface area contributed by atoms with E-state index in [9.17, 15) is 4.79 Å². The van der Waals surface area contributed by atoms with Gasteiger partial charge in [-0.3, -0.25) is 9.48 Å². The largest absolute Gasteiger partial charge is 1.00 e. The maximum atomic E-state index is 11.0. The number of hydrogen-bond donors (Lipinski definition) is 1. The van der Waals surface area contributed by atoms with Crippen molar-refractivity contribution in [1.29, 1.82) is 0 Å². The standard InChI is InChI=1S/C8H12ClN3O.ClH/c1-5-8(10-7(13)4-9)6(2)12(3)11-5;/h4H2,1-3H3,(H,10,13);1H/p-1. The summed E-state index contributed by atoms with van der Waals surface area (Å²) in [7, 11) is 1.83. The summed E-state index contributed by atoms with van der Waals surface area (Å²) >= 11 is 5.37. The zero-order valence-corrected chi connectivity index (χ0v) is 9.78. The van der Waals surface area contributed by atoms with Crippen LogP contribution in [-0.4, -0.2) is 21.6 Å². The van der Waals surface area contributed by atoms with Crippen LogP contribution in [0.3, 0.4) is 0 Å². The highest BCUT2D eigenvalue weighted by atomic mass is 35.5. The number of nitrogens with zero attached hydrogens (tertiary/aromatic N) is 2. The van der Waals surface area contributed by atoms with Gasteiger partial charge in [-0.1, -0.05) is 0 Å². The first-order valence-electron chi connectivity index (χ1n) is 3.92. The molecule has 6 heteroatoms. The van der Waals surface area contributed by atoms with Crippen LogP contribution in [0.1, 0.15) is 11.4 Å². The van der Waals surface area contributed by atoms with E-state index in [1.165, 1.54) is 0 Å². The Balaban J connectivity index is 0.00000169. The summed E-state index contributed by atoms with van der Waals surface area (Å²) in [5.74, 6) is -0.241. The van der Waals surface area contributed by atoms with Crippen LogP contribution in [0.2, 0.25) is 0 Å². The fraction of sp³-hybridized carbons (Fsp3) is 0.500. The lowest BCUT2D eigenvalue weighted by Crippen LogP contribution is -3.00. The first-order valence-corrected chi connectivity index (χ1v) is 4.45. The quantitative estimate of drug-likeness (QED) is 0.618. The van der Waals surface area contributed by atoms with Crippen LogP contribution in [0.4, 0.5) is 5.69 Å². The van der Waals surface area contributed by atoms with E-state index in [0.717, 1.165) is 17.1 Å². The summed E-state index contributed by atoms with van der Waals surface area (Å²) < 4.78 is 1.72. The highest BCUT2D eigenvalue weighted by Gasteiger charge is 2.10. The van der Waals surface area contributed by atoms with Crippen molar-refractivity contribution in [3.05, 3.63) is 11.4 Å². The molecule has 14 heavy (non-hydrogen) atoms. The Morgan fingerprint density at radius 3 is 2.50 bits per heavy atom. The molecular formula is C8H12Cl2N3O-. The predicted molar refractivity (Wildman–Crippen MR) is 52.0 cm³/mol. The normalized spacial score (nSPS) is 9.43. The van der Waals surface area contributed by atoms with Crippen molar-refractivity contribution >= 4 is 23.2 Å². The van der Waals surface area contributed by atoms with E-state index in [0.29, 0.717) is 0 Å². The maximum absolute atomic E-state index is 11.0. The number of hydrogen-bond acceptors (Lipinski definition) is 2. The SMILES string of the molecule is Cc1nn(C)c(C)c1NC(=O)CCl.[Cl-]. The number of anilines is 1. The van der Waals surface area contributed by atoms with Crippen LogP contribution < -0.4 is 17.7 Å². The Labute approximate surface area is 94.0 Å². The van der Waals surface area contributed by atoms with Gasteiger partial charge in [0.2, 0.25) is 5.91 Å². The third kappa shape index (κ3) is 2.62. The number of carbonyl (C=O) groups is 1. The first kappa shape index (κ1) is 13.3. The molecule has 0 saturated heterocycles. The third-order valence-corrected chi connectivity index (χ3v) is 2.14. The molecule has 1 heterocycles. The van der Waals surface area contributed by atoms with Gasteiger partial charge in [0.1, 0.15) is 5.88 Å². The lowest BCUT2D eigenvalue weighted by molar-refractivity contribution is -0.113. The van der Waals surface area contributed by atoms with Crippen molar-refractivity contribution in [3.8, 4) is 0 Å². The van der Waals surface area contributed by atoms with Gasteiger partial charge in [-0.25, -0.2) is 0 Å². The number of halogens is 2. The Morgan fingerprint density at radius 2 is 2.14 bits per heavy atom. The number of aromatic nitrogens is 2. The minimum Gasteiger partial charge on any atom is -1.00 e. The summed E-state index contributed by atoms with van der Waals surface area (Å²) in [5.41, 5.74) is 2.49. The van der Waals surface area contributed by atoms with E-state index in [4.69, 9.17) is 11.6 Å². The molecule has 0 aromatic carbocycles. The van der Waals surface area contributed by atoms with Crippen molar-refractivity contribution in [2.45, 2.75) is 13.8 Å². The molecule has 80 valence electrons. The average molecular weight is 237 g/mol. The van der Waals surface area contributed by atoms with Crippen LogP contribution in [-0.2, 0) is 11.8 Å². The second-order valence-corrected chi connectivity index (χ2v) is 3.12. The van der Waals surface area contributed by atoms with Crippen LogP contribution in [0.25, 0.3) is 0 Å². The Morgan fingerprint density at radius 1 is 1.57 bits per heavy atom. The van der Waals surface area contributed by atoms with E-state index in [1.54, 1.807) is 4.68 Å². The topological polar surface area (TPSA) is 46.9 Å². The summed E-state index contributed by atoms with van der Waals surface area (Å²) in [6.45, 7) is 3.74. The Bertz CT molecular complexity index is 336. The number of nitrogens with one attached hydrogen (secondary N) is 1. The van der Waals surface area contributed by atoms with Crippen molar-refractivity contribution in [1.82, 2.24) is 9.78 Å². The lowest BCUT2D eigenvalue weighted by Gasteiger charge is -2.02. The smallest absolute Gasteiger partial charge is 0.239 e. The fourth-order valence-electron chi connectivity index (χ4n) is 1.13. The zero-order valence-electron chi connectivity index (χ0n) is 8.27. The van der Waals surface area contributed by atoms with Gasteiger partial charge in [-0.2, -0.15) is 5.10 Å². The van der Waals surface area contributed by atoms with E-state index < -0.39 is 0 Å². The van der Waals surface area contributed by atoms with Gasteiger partial charge >= 0.3 is 0 Å². The average Bonchev–Trinajstić information content (AvgIpc) is 2.32. The molecule has 0 atom stereocenters. The molecule has 0 bridgehead atoms. The highest BCUT2D eigenvalue weighted by molar-refractivity contribution is 6.29. The molecular weight excluding hydrogens is 225 g/mol. The summed E-state index contributed by atoms with van der Waals surface area (Å²) in [6.07, 6.45) is 0. The number of alkyl halides is 1. The van der Waals surface area contributed by atoms with E-state index in [1.807, 2.05) is 20.9 Å². The molecule has 0 unspecified atom stereocenters. The first-order chi connectivity index (χ1) is 6.06. The van der Waals surface area contributed by atoms with Crippen molar-refractivity contribution in [2.24, 2.45) is 7.05 Å². The van der Waals surface area contributed by atoms with E-state index >= 15 is 0 Å². The van der Waals surface area contributed by atoms with Crippen LogP contribution in [0.5, 0.6) is 0 Å². The summed E-state index contributed by atoms with van der Waals surface area (Å²) in [5, 5.41) is 6.85. The van der Waals surface area contributed by atoms with Gasteiger partial charge in [-0.05, 0) is 13.8 Å². The van der Waals surface area contributed by atoms with Crippen LogP contribution in [0.15, 0.2) is 0 Å². The van der Waals surface area contributed by atoms with E-state index in [2.05, 4.69) is 10.4 Å². The van der Waals surface area contributed by atoms with Gasteiger partial charge in [0.05, 0.1) is 17.1 Å². The monoisotopic (exact) mass is 236 g/mol. The molecule has 0 radical (unpaired) electrons. The number of rotatable bonds is 2. The van der Waals surface area contributed by atoms with Gasteiger partial charge in [0, 0.05) is 7.05 Å². The van der Waals surface area contributed by atoms with Crippen molar-refractivity contribution in [2.75, 3.05) is 11.2 Å². The third-order valence-electron chi connectivity index (χ3n) is 1.89. The number of aryl methyl sites for hydroxylation is 2. The summed E-state index contributed by atoms with van der Waals surface area (Å²) in [6, 6.07) is 0. The van der Waals surface area contributed by atoms with Gasteiger partial charge in [-0.15, -0.1) is 11.6 Å². The number of carbonyl (C=O) groups excluding carboxylic acids is 1. The van der Waals surface area contributed by atoms with E-state index in [-0.39, 0.29) is 24.2 Å². The molecule has 4 nitrogen and oxygen atoms in total. The van der Waals surface area contributed by atoms with Gasteiger partial charge < -0.3 is 17.7 Å². The van der Waals surface area contributed by atoms with Crippen molar-refractivity contribution < 1.29 is 17.2 Å². The minimum atomic E-state index is -0.208. The summed E-state index contributed by atoms with van der Waals surface area (Å²) in [4.78, 5) is 11.0. The highest BCUT2D eigenvalue weighted by Crippen LogP contribution is 2.17. The van der Waals surface area contributed by atoms with Crippen LogP contribution >= 0.6 is 11.6 Å². The predicted octanol–water partition coefficient (Wildman–Crippen LogP) is -1.78. The second-order valence-electron chi connectivity index (χ2n) is 2.85. The van der Waals surface area contributed by atoms with Gasteiger partial charge in [0.15, 0.2) is 0 Å². The molecule has 0 spiro atoms. The molecule has 1 amide bonds. The second kappa shape index (κ2) is 5.22. The lowest BCUT2D eigenvalue weighted by atomic mass is 10.3. The molecule has 0 aliphatic heterocycles. The van der Waals surface area contributed by atoms with Gasteiger partial charge in [0.25, 0.3) is 0 Å². The molecule has 1 N–H and O–H groups in total. The minimum absolute atomic E-state index is 0. The Hall–Kier alpha value is -0.740. The maximum Gasteiger partial charge on any atom is 0.239 e. The Kier molecular flexibility index (Phi) is 4.94. The van der Waals surface area contributed by atoms with Crippen LogP contribution in [0, 0.1) is 13.8 Å². The molecule has 0 aliphatic carbocycles. The molecule has 0 saturated carbocycles. The number of amides is 1. The molecule has 0 fully saturated rings.